The summed E-state index contributed by atoms with van der Waals surface area (Å²) < 4.78 is 0. The molecule has 0 fully saturated rings. The zero-order valence-corrected chi connectivity index (χ0v) is 10.9. The number of hydrogen-bond donors (Lipinski definition) is 0. The van der Waals surface area contributed by atoms with Gasteiger partial charge in [0.2, 0.25) is 6.54 Å². The molecule has 0 atom stereocenters. The molecule has 0 unspecified atom stereocenters. The minimum atomic E-state index is -0.902. The van der Waals surface area contributed by atoms with Crippen molar-refractivity contribution in [1.29, 1.82) is 5.26 Å². The Morgan fingerprint density at radius 3 is 1.80 bits per heavy atom. The monoisotopic (exact) mass is 266 g/mol. The molecule has 2 aromatic carbocycles. The van der Waals surface area contributed by atoms with Gasteiger partial charge in [0.15, 0.2) is 0 Å². The summed E-state index contributed by atoms with van der Waals surface area (Å²) in [6.45, 7) is -0.297. The molecule has 0 bridgehead atoms. The van der Waals surface area contributed by atoms with Crippen LogP contribution in [0.25, 0.3) is 0 Å². The minimum absolute atomic E-state index is 0.0714. The predicted octanol–water partition coefficient (Wildman–Crippen LogP) is 3.16. The van der Waals surface area contributed by atoms with Gasteiger partial charge in [-0.2, -0.15) is 5.26 Å². The van der Waals surface area contributed by atoms with E-state index < -0.39 is 5.41 Å². The van der Waals surface area contributed by atoms with Crippen LogP contribution in [0.15, 0.2) is 60.7 Å². The fourth-order valence-electron chi connectivity index (χ4n) is 2.48. The van der Waals surface area contributed by atoms with Crippen LogP contribution >= 0.6 is 0 Å². The van der Waals surface area contributed by atoms with Gasteiger partial charge in [-0.05, 0) is 11.1 Å². The Bertz CT molecular complexity index is 578. The number of rotatable bonds is 5. The third-order valence-electron chi connectivity index (χ3n) is 3.43. The molecule has 2 rings (SSSR count). The zero-order valence-electron chi connectivity index (χ0n) is 10.9. The van der Waals surface area contributed by atoms with Crippen molar-refractivity contribution in [3.63, 3.8) is 0 Å². The maximum absolute atomic E-state index is 11.1. The third kappa shape index (κ3) is 2.67. The highest BCUT2D eigenvalue weighted by Gasteiger charge is 2.39. The molecule has 0 spiro atoms. The van der Waals surface area contributed by atoms with E-state index >= 15 is 0 Å². The summed E-state index contributed by atoms with van der Waals surface area (Å²) in [5.41, 5.74) is 0.690. The predicted molar refractivity (Wildman–Crippen MR) is 75.8 cm³/mol. The van der Waals surface area contributed by atoms with E-state index in [4.69, 9.17) is 5.26 Å². The van der Waals surface area contributed by atoms with Gasteiger partial charge in [-0.15, -0.1) is 0 Å². The maximum Gasteiger partial charge on any atom is 0.218 e. The van der Waals surface area contributed by atoms with Crippen LogP contribution in [0.3, 0.4) is 0 Å². The summed E-state index contributed by atoms with van der Waals surface area (Å²) in [6.07, 6.45) is 0.0714. The van der Waals surface area contributed by atoms with Crippen molar-refractivity contribution in [3.8, 4) is 6.07 Å². The Morgan fingerprint density at radius 2 is 1.45 bits per heavy atom. The van der Waals surface area contributed by atoms with Crippen LogP contribution in [-0.2, 0) is 5.41 Å². The third-order valence-corrected chi connectivity index (χ3v) is 3.43. The van der Waals surface area contributed by atoms with Crippen LogP contribution in [0.5, 0.6) is 0 Å². The van der Waals surface area contributed by atoms with Crippen molar-refractivity contribution in [2.24, 2.45) is 0 Å². The molecular weight excluding hydrogens is 252 g/mol. The molecule has 0 saturated carbocycles. The highest BCUT2D eigenvalue weighted by atomic mass is 16.6. The molecule has 0 N–H and O–H groups in total. The van der Waals surface area contributed by atoms with E-state index in [1.165, 1.54) is 0 Å². The zero-order chi connectivity index (χ0) is 14.4. The summed E-state index contributed by atoms with van der Waals surface area (Å²) in [4.78, 5) is 10.8. The first kappa shape index (κ1) is 13.8. The number of hydrogen-bond acceptors (Lipinski definition) is 3. The van der Waals surface area contributed by atoms with Gasteiger partial charge >= 0.3 is 0 Å². The lowest BCUT2D eigenvalue weighted by atomic mass is 9.72. The fraction of sp³-hybridized carbons (Fsp3) is 0.188. The summed E-state index contributed by atoms with van der Waals surface area (Å²) in [5, 5.41) is 20.3. The van der Waals surface area contributed by atoms with Crippen LogP contribution in [-0.4, -0.2) is 11.5 Å². The average molecular weight is 266 g/mol. The number of nitrogens with zero attached hydrogens (tertiary/aromatic N) is 2. The molecule has 20 heavy (non-hydrogen) atoms. The molecule has 0 heterocycles. The highest BCUT2D eigenvalue weighted by Crippen LogP contribution is 2.35. The molecule has 0 aliphatic heterocycles. The second-order valence-corrected chi connectivity index (χ2v) is 4.64. The quantitative estimate of drug-likeness (QED) is 0.616. The van der Waals surface area contributed by atoms with E-state index in [2.05, 4.69) is 6.07 Å². The molecule has 0 saturated heterocycles. The Hall–Kier alpha value is -2.67. The summed E-state index contributed by atoms with van der Waals surface area (Å²) >= 11 is 0. The largest absolute Gasteiger partial charge is 0.264 e. The van der Waals surface area contributed by atoms with Crippen molar-refractivity contribution in [2.45, 2.75) is 11.8 Å². The minimum Gasteiger partial charge on any atom is -0.264 e. The number of nitriles is 1. The fourth-order valence-corrected chi connectivity index (χ4v) is 2.48. The van der Waals surface area contributed by atoms with Crippen LogP contribution in [0.2, 0.25) is 0 Å². The summed E-state index contributed by atoms with van der Waals surface area (Å²) in [5.74, 6) is 0. The first-order valence-electron chi connectivity index (χ1n) is 6.29. The molecule has 0 aliphatic carbocycles. The van der Waals surface area contributed by atoms with E-state index in [9.17, 15) is 10.1 Å². The molecule has 100 valence electrons. The van der Waals surface area contributed by atoms with Crippen molar-refractivity contribution in [2.75, 3.05) is 6.54 Å². The van der Waals surface area contributed by atoms with Gasteiger partial charge in [0.25, 0.3) is 0 Å². The van der Waals surface area contributed by atoms with Crippen LogP contribution in [0.1, 0.15) is 17.5 Å². The van der Waals surface area contributed by atoms with Gasteiger partial charge in [-0.1, -0.05) is 60.7 Å². The Balaban J connectivity index is 2.63. The second-order valence-electron chi connectivity index (χ2n) is 4.64. The molecule has 4 heteroatoms. The van der Waals surface area contributed by atoms with Crippen LogP contribution in [0, 0.1) is 21.4 Å². The van der Waals surface area contributed by atoms with Gasteiger partial charge in [0.05, 0.1) is 17.9 Å². The van der Waals surface area contributed by atoms with Crippen molar-refractivity contribution < 1.29 is 4.92 Å². The number of nitro groups is 1. The Kier molecular flexibility index (Phi) is 4.11. The smallest absolute Gasteiger partial charge is 0.218 e. The molecular formula is C16H14N2O2. The van der Waals surface area contributed by atoms with E-state index in [1.54, 1.807) is 0 Å². The van der Waals surface area contributed by atoms with E-state index in [1.807, 2.05) is 60.7 Å². The van der Waals surface area contributed by atoms with Gasteiger partial charge in [-0.25, -0.2) is 0 Å². The van der Waals surface area contributed by atoms with Gasteiger partial charge in [0.1, 0.15) is 0 Å². The maximum atomic E-state index is 11.1. The lowest BCUT2D eigenvalue weighted by Gasteiger charge is -2.28. The van der Waals surface area contributed by atoms with Gasteiger partial charge in [-0.3, -0.25) is 10.1 Å². The lowest BCUT2D eigenvalue weighted by molar-refractivity contribution is -0.488. The topological polar surface area (TPSA) is 66.9 Å². The molecule has 0 radical (unpaired) electrons. The van der Waals surface area contributed by atoms with Crippen molar-refractivity contribution in [3.05, 3.63) is 81.9 Å². The van der Waals surface area contributed by atoms with Crippen molar-refractivity contribution >= 4 is 0 Å². The standard InChI is InChI=1S/C16H14N2O2/c17-12-11-16(13-18(19)20,14-7-3-1-4-8-14)15-9-5-2-6-10-15/h1-10H,11,13H2. The lowest BCUT2D eigenvalue weighted by Crippen LogP contribution is -2.35. The van der Waals surface area contributed by atoms with E-state index in [0.29, 0.717) is 0 Å². The first-order chi connectivity index (χ1) is 9.69. The Morgan fingerprint density at radius 1 is 1.00 bits per heavy atom. The van der Waals surface area contributed by atoms with Crippen LogP contribution in [0.4, 0.5) is 0 Å². The van der Waals surface area contributed by atoms with Crippen molar-refractivity contribution in [1.82, 2.24) is 0 Å². The molecule has 4 nitrogen and oxygen atoms in total. The summed E-state index contributed by atoms with van der Waals surface area (Å²) in [6, 6.07) is 20.5. The van der Waals surface area contributed by atoms with E-state index in [0.717, 1.165) is 11.1 Å². The number of benzene rings is 2. The normalized spacial score (nSPS) is 10.8. The van der Waals surface area contributed by atoms with E-state index in [-0.39, 0.29) is 17.9 Å². The Labute approximate surface area is 117 Å². The first-order valence-corrected chi connectivity index (χ1v) is 6.29. The van der Waals surface area contributed by atoms with Gasteiger partial charge < -0.3 is 0 Å². The average Bonchev–Trinajstić information content (AvgIpc) is 2.48. The van der Waals surface area contributed by atoms with Crippen LogP contribution < -0.4 is 0 Å². The molecule has 0 aliphatic rings. The molecule has 0 aromatic heterocycles. The molecule has 2 aromatic rings. The highest BCUT2D eigenvalue weighted by molar-refractivity contribution is 5.40. The molecule has 0 amide bonds. The second kappa shape index (κ2) is 5.98. The summed E-state index contributed by atoms with van der Waals surface area (Å²) in [7, 11) is 0. The SMILES string of the molecule is N#CCC(C[N+](=O)[O-])(c1ccccc1)c1ccccc1. The van der Waals surface area contributed by atoms with Gasteiger partial charge in [0, 0.05) is 4.92 Å².